The fourth-order valence-corrected chi connectivity index (χ4v) is 4.19. The molecule has 2 rings (SSSR count). The predicted octanol–water partition coefficient (Wildman–Crippen LogP) is 10.1. The number of allylic oxidation sites excluding steroid dienone is 3. The van der Waals surface area contributed by atoms with E-state index in [-0.39, 0.29) is 0 Å². The van der Waals surface area contributed by atoms with E-state index in [0.717, 1.165) is 16.7 Å². The summed E-state index contributed by atoms with van der Waals surface area (Å²) in [5.41, 5.74) is 17.5. The Balaban J connectivity index is 0.000000529. The maximum absolute atomic E-state index is 7.11. The van der Waals surface area contributed by atoms with Crippen LogP contribution in [0.15, 0.2) is 46.4 Å². The monoisotopic (exact) mass is 596 g/mol. The van der Waals surface area contributed by atoms with Crippen LogP contribution in [0.25, 0.3) is 20.8 Å². The maximum atomic E-state index is 7.11. The molecule has 0 unspecified atom stereocenters. The van der Waals surface area contributed by atoms with Crippen LogP contribution >= 0.6 is 55.1 Å². The molecule has 0 aliphatic rings. The van der Waals surface area contributed by atoms with Gasteiger partial charge in [-0.3, -0.25) is 0 Å². The Morgan fingerprint density at radius 3 is 1.66 bits per heavy atom. The largest absolute Gasteiger partial charge is 0.399 e. The summed E-state index contributed by atoms with van der Waals surface area (Å²) in [5, 5.41) is 0.776. The molecule has 0 atom stereocenters. The van der Waals surface area contributed by atoms with E-state index >= 15 is 0 Å². The lowest BCUT2D eigenvalue weighted by atomic mass is 9.97. The van der Waals surface area contributed by atoms with Gasteiger partial charge in [0.15, 0.2) is 0 Å². The Labute approximate surface area is 217 Å². The van der Waals surface area contributed by atoms with Gasteiger partial charge in [-0.2, -0.15) is 0 Å². The minimum atomic E-state index is 0.345. The molecule has 0 heterocycles. The van der Waals surface area contributed by atoms with Gasteiger partial charge in [0.25, 0.3) is 0 Å². The van der Waals surface area contributed by atoms with Crippen molar-refractivity contribution in [2.24, 2.45) is 0 Å². The maximum Gasteiger partial charge on any atom is 0.221 e. The number of rotatable bonds is 2. The Morgan fingerprint density at radius 1 is 0.844 bits per heavy atom. The van der Waals surface area contributed by atoms with Gasteiger partial charge in [0.05, 0.1) is 13.1 Å². The number of hydrogen-bond donors (Lipinski definition) is 2. The zero-order valence-corrected chi connectivity index (χ0v) is 23.0. The normalized spacial score (nSPS) is 9.19. The molecule has 0 spiro atoms. The highest BCUT2D eigenvalue weighted by Gasteiger charge is 2.16. The lowest BCUT2D eigenvalue weighted by Crippen LogP contribution is -1.98. The lowest BCUT2D eigenvalue weighted by molar-refractivity contribution is 1.42. The van der Waals surface area contributed by atoms with Crippen molar-refractivity contribution in [1.82, 2.24) is 0 Å². The van der Waals surface area contributed by atoms with Gasteiger partial charge in [-0.25, -0.2) is 9.69 Å². The fraction of sp³-hybridized carbons (Fsp3) is 0.167. The van der Waals surface area contributed by atoms with E-state index in [1.807, 2.05) is 20.8 Å². The molecule has 0 bridgehead atoms. The average molecular weight is 599 g/mol. The second kappa shape index (κ2) is 13.4. The van der Waals surface area contributed by atoms with Crippen molar-refractivity contribution in [3.05, 3.63) is 90.4 Å². The van der Waals surface area contributed by atoms with Crippen LogP contribution in [0.4, 0.5) is 22.7 Å². The van der Waals surface area contributed by atoms with Crippen molar-refractivity contribution < 1.29 is 0 Å². The van der Waals surface area contributed by atoms with E-state index in [4.69, 9.17) is 47.8 Å². The SMILES string of the molecule is C=C(C)C.[C-]#[N+]c1c(Cl)cc(Br)c(N)c1Br.[C-]#[N+]c1c(Cl)cc(C(=C)C)c(N)c1C(=C)C. The van der Waals surface area contributed by atoms with Crippen LogP contribution in [0, 0.1) is 13.1 Å². The Kier molecular flexibility index (Phi) is 12.4. The summed E-state index contributed by atoms with van der Waals surface area (Å²) in [5.74, 6) is 0. The smallest absolute Gasteiger partial charge is 0.221 e. The van der Waals surface area contributed by atoms with Crippen molar-refractivity contribution >= 4 is 89.0 Å². The Morgan fingerprint density at radius 2 is 1.28 bits per heavy atom. The molecule has 0 amide bonds. The molecule has 168 valence electrons. The summed E-state index contributed by atoms with van der Waals surface area (Å²) in [6.45, 7) is 32.8. The number of nitrogen functional groups attached to an aromatic ring is 2. The van der Waals surface area contributed by atoms with Crippen molar-refractivity contribution in [3.63, 3.8) is 0 Å². The van der Waals surface area contributed by atoms with E-state index in [1.54, 1.807) is 19.1 Å². The average Bonchev–Trinajstić information content (AvgIpc) is 2.67. The van der Waals surface area contributed by atoms with Crippen LogP contribution in [0.2, 0.25) is 10.0 Å². The minimum absolute atomic E-state index is 0.345. The summed E-state index contributed by atoms with van der Waals surface area (Å²) in [4.78, 5) is 6.64. The molecule has 0 saturated heterocycles. The van der Waals surface area contributed by atoms with Crippen molar-refractivity contribution in [3.8, 4) is 0 Å². The molecule has 4 N–H and O–H groups in total. The van der Waals surface area contributed by atoms with Gasteiger partial charge >= 0.3 is 0 Å². The first kappa shape index (κ1) is 29.8. The molecule has 0 aromatic heterocycles. The highest BCUT2D eigenvalue weighted by molar-refractivity contribution is 9.11. The van der Waals surface area contributed by atoms with E-state index in [9.17, 15) is 0 Å². The lowest BCUT2D eigenvalue weighted by Gasteiger charge is -2.14. The molecular weight excluding hydrogens is 575 g/mol. The quantitative estimate of drug-likeness (QED) is 0.205. The van der Waals surface area contributed by atoms with Crippen LogP contribution in [0.5, 0.6) is 0 Å². The van der Waals surface area contributed by atoms with Gasteiger partial charge in [0.2, 0.25) is 11.4 Å². The third kappa shape index (κ3) is 8.04. The third-order valence-corrected chi connectivity index (χ3v) is 5.62. The first-order valence-corrected chi connectivity index (χ1v) is 11.3. The molecule has 0 radical (unpaired) electrons. The molecule has 0 fully saturated rings. The Bertz CT molecular complexity index is 1150. The van der Waals surface area contributed by atoms with Gasteiger partial charge in [-0.05, 0) is 66.9 Å². The highest BCUT2D eigenvalue weighted by atomic mass is 79.9. The van der Waals surface area contributed by atoms with Crippen LogP contribution in [-0.2, 0) is 0 Å². The number of nitrogens with two attached hydrogens (primary N) is 2. The molecule has 0 aliphatic heterocycles. The van der Waals surface area contributed by atoms with E-state index < -0.39 is 0 Å². The van der Waals surface area contributed by atoms with Crippen LogP contribution < -0.4 is 11.5 Å². The molecule has 2 aromatic rings. The van der Waals surface area contributed by atoms with Gasteiger partial charge < -0.3 is 11.5 Å². The molecule has 4 nitrogen and oxygen atoms in total. The van der Waals surface area contributed by atoms with Gasteiger partial charge in [-0.15, -0.1) is 6.58 Å². The highest BCUT2D eigenvalue weighted by Crippen LogP contribution is 2.42. The summed E-state index contributed by atoms with van der Waals surface area (Å²) in [6, 6.07) is 3.29. The summed E-state index contributed by atoms with van der Waals surface area (Å²) >= 11 is 18.2. The van der Waals surface area contributed by atoms with Gasteiger partial charge in [-0.1, -0.05) is 63.4 Å². The van der Waals surface area contributed by atoms with E-state index in [2.05, 4.69) is 61.3 Å². The molecule has 2 aromatic carbocycles. The first-order chi connectivity index (χ1) is 14.7. The van der Waals surface area contributed by atoms with E-state index in [0.29, 0.717) is 47.3 Å². The van der Waals surface area contributed by atoms with Crippen molar-refractivity contribution in [2.45, 2.75) is 27.7 Å². The van der Waals surface area contributed by atoms with Gasteiger partial charge in [0, 0.05) is 35.9 Å². The minimum Gasteiger partial charge on any atom is -0.399 e. The second-order valence-corrected chi connectivity index (χ2v) is 9.41. The summed E-state index contributed by atoms with van der Waals surface area (Å²) in [6.07, 6.45) is 0. The summed E-state index contributed by atoms with van der Waals surface area (Å²) < 4.78 is 1.23. The predicted molar refractivity (Wildman–Crippen MR) is 150 cm³/mol. The zero-order chi connectivity index (χ0) is 25.3. The number of halogens is 4. The third-order valence-electron chi connectivity index (χ3n) is 3.59. The summed E-state index contributed by atoms with van der Waals surface area (Å²) in [7, 11) is 0. The molecule has 32 heavy (non-hydrogen) atoms. The van der Waals surface area contributed by atoms with Crippen molar-refractivity contribution in [1.29, 1.82) is 0 Å². The molecular formula is C24H24Br2Cl2N4. The zero-order valence-electron chi connectivity index (χ0n) is 18.3. The number of nitrogens with zero attached hydrogens (tertiary/aromatic N) is 2. The number of benzene rings is 2. The topological polar surface area (TPSA) is 60.8 Å². The molecule has 0 saturated carbocycles. The Hall–Kier alpha value is -2.22. The fourth-order valence-electron chi connectivity index (χ4n) is 2.25. The molecule has 0 aliphatic carbocycles. The van der Waals surface area contributed by atoms with Crippen molar-refractivity contribution in [2.75, 3.05) is 11.5 Å². The second-order valence-electron chi connectivity index (χ2n) is 6.95. The van der Waals surface area contributed by atoms with Gasteiger partial charge in [0.1, 0.15) is 0 Å². The standard InChI is InChI=1S/C13H13ClN2.C7H3Br2ClN2.C4H8/c1-7(2)9-6-10(14)13(16-5)11(8(3)4)12(9)15;1-12-7-4(10)2-3(8)6(11)5(7)9;1-4(2)3/h6H,1,3,15H2,2,4H3;2H,11H2;1H2,2-3H3. The number of anilines is 2. The van der Waals surface area contributed by atoms with Crippen LogP contribution in [0.3, 0.4) is 0 Å². The first-order valence-electron chi connectivity index (χ1n) is 8.94. The van der Waals surface area contributed by atoms with E-state index in [1.165, 1.54) is 5.57 Å². The number of hydrogen-bond acceptors (Lipinski definition) is 2. The molecule has 8 heteroatoms. The van der Waals surface area contributed by atoms with Crippen LogP contribution in [0.1, 0.15) is 38.8 Å². The van der Waals surface area contributed by atoms with Crippen LogP contribution in [-0.4, -0.2) is 0 Å².